The SMILES string of the molecule is c1ccc(-c2cccc3cccc(-c4ccccc4N(c4ccc5c6ccccc6n(-c6ccc(C78CC9CC(CC(C9)C7)C8)cc6)c5c4)c4ccccc4-n4c5ccccc5c5ccccc54)c23)cc1. The lowest BCUT2D eigenvalue weighted by Gasteiger charge is -2.57. The molecule has 0 amide bonds. The Morgan fingerprint density at radius 3 is 1.56 bits per heavy atom. The Morgan fingerprint density at radius 2 is 0.901 bits per heavy atom. The van der Waals surface area contributed by atoms with Gasteiger partial charge in [-0.1, -0.05) is 170 Å². The molecule has 4 fully saturated rings. The lowest BCUT2D eigenvalue weighted by Crippen LogP contribution is -2.48. The van der Waals surface area contributed by atoms with Crippen LogP contribution in [0.15, 0.2) is 231 Å². The van der Waals surface area contributed by atoms with E-state index in [9.17, 15) is 0 Å². The Labute approximate surface area is 414 Å². The van der Waals surface area contributed by atoms with Gasteiger partial charge in [0.25, 0.3) is 0 Å². The third-order valence-electron chi connectivity index (χ3n) is 17.1. The summed E-state index contributed by atoms with van der Waals surface area (Å²) in [6, 6.07) is 86.2. The van der Waals surface area contributed by atoms with E-state index in [-0.39, 0.29) is 0 Å². The molecule has 0 radical (unpaired) electrons. The monoisotopic (exact) mass is 911 g/mol. The largest absolute Gasteiger partial charge is 0.309 e. The summed E-state index contributed by atoms with van der Waals surface area (Å²) in [5, 5.41) is 7.47. The smallest absolute Gasteiger partial charge is 0.0702 e. The predicted octanol–water partition coefficient (Wildman–Crippen LogP) is 18.3. The van der Waals surface area contributed by atoms with Crippen molar-refractivity contribution in [2.24, 2.45) is 17.8 Å². The van der Waals surface area contributed by atoms with Crippen molar-refractivity contribution in [2.45, 2.75) is 43.9 Å². The number of rotatable bonds is 8. The Balaban J connectivity index is 0.976. The molecule has 12 aromatic rings. The summed E-state index contributed by atoms with van der Waals surface area (Å²) in [6.45, 7) is 0. The Morgan fingerprint density at radius 1 is 0.380 bits per heavy atom. The van der Waals surface area contributed by atoms with Gasteiger partial charge in [-0.05, 0) is 155 Å². The molecule has 3 nitrogen and oxygen atoms in total. The van der Waals surface area contributed by atoms with Crippen LogP contribution in [0.25, 0.3) is 88.0 Å². The molecule has 4 aliphatic rings. The molecule has 16 rings (SSSR count). The van der Waals surface area contributed by atoms with E-state index >= 15 is 0 Å². The molecule has 3 heteroatoms. The molecule has 0 aliphatic heterocycles. The summed E-state index contributed by atoms with van der Waals surface area (Å²) in [4.78, 5) is 2.54. The first-order valence-corrected chi connectivity index (χ1v) is 25.8. The van der Waals surface area contributed by atoms with Crippen LogP contribution < -0.4 is 4.90 Å². The van der Waals surface area contributed by atoms with Gasteiger partial charge in [0.2, 0.25) is 0 Å². The van der Waals surface area contributed by atoms with Crippen molar-refractivity contribution in [3.8, 4) is 33.6 Å². The normalized spacial score (nSPS) is 19.4. The number of fused-ring (bicyclic) bond motifs is 7. The van der Waals surface area contributed by atoms with E-state index in [0.29, 0.717) is 5.41 Å². The average Bonchev–Trinajstić information content (AvgIpc) is 3.93. The van der Waals surface area contributed by atoms with E-state index in [0.717, 1.165) is 40.5 Å². The fourth-order valence-electron chi connectivity index (χ4n) is 14.6. The number of para-hydroxylation sites is 6. The van der Waals surface area contributed by atoms with E-state index in [4.69, 9.17) is 0 Å². The Kier molecular flexibility index (Phi) is 9.15. The maximum absolute atomic E-state index is 2.54. The fraction of sp³-hybridized carbons (Fsp3) is 0.147. The first kappa shape index (κ1) is 40.7. The molecule has 4 bridgehead atoms. The molecule has 0 atom stereocenters. The van der Waals surface area contributed by atoms with Crippen molar-refractivity contribution in [1.82, 2.24) is 9.13 Å². The summed E-state index contributed by atoms with van der Waals surface area (Å²) in [7, 11) is 0. The molecular formula is C68H53N3. The molecule has 0 N–H and O–H groups in total. The van der Waals surface area contributed by atoms with Gasteiger partial charge in [-0.15, -0.1) is 0 Å². The lowest BCUT2D eigenvalue weighted by atomic mass is 9.48. The van der Waals surface area contributed by atoms with Gasteiger partial charge in [-0.2, -0.15) is 0 Å². The van der Waals surface area contributed by atoms with Crippen molar-refractivity contribution in [3.05, 3.63) is 236 Å². The van der Waals surface area contributed by atoms with Crippen molar-refractivity contribution in [2.75, 3.05) is 4.90 Å². The summed E-state index contributed by atoms with van der Waals surface area (Å²) in [5.74, 6) is 2.74. The Bertz CT molecular complexity index is 3950. The van der Waals surface area contributed by atoms with E-state index in [1.807, 2.05) is 0 Å². The van der Waals surface area contributed by atoms with Gasteiger partial charge in [-0.25, -0.2) is 0 Å². The van der Waals surface area contributed by atoms with Crippen LogP contribution in [0, 0.1) is 17.8 Å². The average molecular weight is 912 g/mol. The summed E-state index contributed by atoms with van der Waals surface area (Å²) < 4.78 is 5.00. The minimum Gasteiger partial charge on any atom is -0.309 e. The molecule has 10 aromatic carbocycles. The topological polar surface area (TPSA) is 13.1 Å². The number of benzene rings is 10. The van der Waals surface area contributed by atoms with Crippen LogP contribution in [-0.2, 0) is 5.41 Å². The van der Waals surface area contributed by atoms with Crippen molar-refractivity contribution >= 4 is 71.4 Å². The molecule has 71 heavy (non-hydrogen) atoms. The van der Waals surface area contributed by atoms with Crippen molar-refractivity contribution in [3.63, 3.8) is 0 Å². The van der Waals surface area contributed by atoms with Crippen molar-refractivity contribution < 1.29 is 0 Å². The third kappa shape index (κ3) is 6.35. The maximum Gasteiger partial charge on any atom is 0.0702 e. The molecule has 0 spiro atoms. The zero-order chi connectivity index (χ0) is 46.6. The number of hydrogen-bond donors (Lipinski definition) is 0. The van der Waals surface area contributed by atoms with E-state index in [1.165, 1.54) is 121 Å². The molecule has 2 aromatic heterocycles. The highest BCUT2D eigenvalue weighted by atomic mass is 15.2. The molecule has 0 saturated heterocycles. The Hall–Kier alpha value is -8.14. The number of anilines is 3. The van der Waals surface area contributed by atoms with Gasteiger partial charge >= 0.3 is 0 Å². The molecule has 4 saturated carbocycles. The second-order valence-electron chi connectivity index (χ2n) is 21.1. The summed E-state index contributed by atoms with van der Waals surface area (Å²) >= 11 is 0. The van der Waals surface area contributed by atoms with Gasteiger partial charge in [0, 0.05) is 38.5 Å². The maximum atomic E-state index is 2.54. The van der Waals surface area contributed by atoms with Gasteiger partial charge in [0.15, 0.2) is 0 Å². The highest BCUT2D eigenvalue weighted by Crippen LogP contribution is 2.61. The molecule has 4 aliphatic carbocycles. The molecular weight excluding hydrogens is 859 g/mol. The minimum atomic E-state index is 0.352. The number of nitrogens with zero attached hydrogens (tertiary/aromatic N) is 3. The molecule has 340 valence electrons. The standard InChI is InChI=1S/C68H53N3/c1-2-16-48(17-3-1)53-24-14-18-49-19-15-25-59(67(49)53)57-23-7-9-27-61(57)70(64-30-12-13-31-65(64)71-62-28-10-5-20-54(62)55-21-6-11-29-63(55)71)52-36-37-58-56-22-4-8-26-60(56)69(66(58)41-52)51-34-32-50(33-35-51)68-42-45-38-46(43-68)40-47(39-45)44-68/h1-37,41,45-47H,38-40,42-44H2. The molecule has 0 unspecified atom stereocenters. The lowest BCUT2D eigenvalue weighted by molar-refractivity contribution is -0.00518. The van der Waals surface area contributed by atoms with E-state index in [1.54, 1.807) is 5.56 Å². The third-order valence-corrected chi connectivity index (χ3v) is 17.1. The quantitative estimate of drug-likeness (QED) is 0.148. The van der Waals surface area contributed by atoms with E-state index < -0.39 is 0 Å². The van der Waals surface area contributed by atoms with Gasteiger partial charge in [-0.3, -0.25) is 0 Å². The summed E-state index contributed by atoms with van der Waals surface area (Å²) in [6.07, 6.45) is 8.50. The van der Waals surface area contributed by atoms with Crippen LogP contribution in [-0.4, -0.2) is 9.13 Å². The van der Waals surface area contributed by atoms with Crippen LogP contribution >= 0.6 is 0 Å². The highest BCUT2D eigenvalue weighted by Gasteiger charge is 2.51. The van der Waals surface area contributed by atoms with Crippen LogP contribution in [0.3, 0.4) is 0 Å². The fourth-order valence-corrected chi connectivity index (χ4v) is 14.6. The van der Waals surface area contributed by atoms with Gasteiger partial charge in [0.1, 0.15) is 0 Å². The number of hydrogen-bond acceptors (Lipinski definition) is 1. The van der Waals surface area contributed by atoms with Crippen LogP contribution in [0.4, 0.5) is 17.1 Å². The van der Waals surface area contributed by atoms with Crippen LogP contribution in [0.1, 0.15) is 44.1 Å². The van der Waals surface area contributed by atoms with E-state index in [2.05, 4.69) is 245 Å². The number of aromatic nitrogens is 2. The zero-order valence-electron chi connectivity index (χ0n) is 39.8. The first-order valence-electron chi connectivity index (χ1n) is 25.8. The zero-order valence-corrected chi connectivity index (χ0v) is 39.8. The first-order chi connectivity index (χ1) is 35.2. The second-order valence-corrected chi connectivity index (χ2v) is 21.1. The predicted molar refractivity (Wildman–Crippen MR) is 298 cm³/mol. The highest BCUT2D eigenvalue weighted by molar-refractivity contribution is 6.13. The molecule has 2 heterocycles. The second kappa shape index (κ2) is 15.9. The minimum absolute atomic E-state index is 0.352. The van der Waals surface area contributed by atoms with Gasteiger partial charge < -0.3 is 14.0 Å². The van der Waals surface area contributed by atoms with Crippen LogP contribution in [0.2, 0.25) is 0 Å². The van der Waals surface area contributed by atoms with Crippen LogP contribution in [0.5, 0.6) is 0 Å². The van der Waals surface area contributed by atoms with Gasteiger partial charge in [0.05, 0.1) is 39.1 Å². The van der Waals surface area contributed by atoms with Crippen molar-refractivity contribution in [1.29, 1.82) is 0 Å². The summed E-state index contributed by atoms with van der Waals surface area (Å²) in [5.41, 5.74) is 17.1.